The second-order valence-corrected chi connectivity index (χ2v) is 18.1. The zero-order valence-corrected chi connectivity index (χ0v) is 25.3. The summed E-state index contributed by atoms with van der Waals surface area (Å²) in [6, 6.07) is 10.9. The Labute approximate surface area is 221 Å². The van der Waals surface area contributed by atoms with Gasteiger partial charge in [-0.2, -0.15) is 10.5 Å². The number of benzene rings is 1. The molecule has 1 N–H and O–H groups in total. The van der Waals surface area contributed by atoms with Crippen molar-refractivity contribution in [1.29, 1.82) is 0 Å². The van der Waals surface area contributed by atoms with Crippen LogP contribution in [0.2, 0.25) is 0 Å². The average molecular weight is 529 g/mol. The lowest BCUT2D eigenvalue weighted by Gasteiger charge is -2.26. The van der Waals surface area contributed by atoms with Crippen molar-refractivity contribution in [1.82, 2.24) is 0 Å². The molecule has 1 rings (SSSR count). The molecule has 1 nitrogen and oxygen atoms in total. The topological polar surface area (TPSA) is 20.2 Å². The Morgan fingerprint density at radius 3 is 1.47 bits per heavy atom. The van der Waals surface area contributed by atoms with E-state index in [9.17, 15) is 4.89 Å². The Hall–Kier alpha value is 0.310. The van der Waals surface area contributed by atoms with Gasteiger partial charge in [0.25, 0.3) is 0 Å². The van der Waals surface area contributed by atoms with E-state index < -0.39 is 17.1 Å². The maximum atomic E-state index is 11.1. The minimum absolute atomic E-state index is 0.406. The van der Waals surface area contributed by atoms with Gasteiger partial charge in [-0.3, -0.25) is 0 Å². The van der Waals surface area contributed by atoms with E-state index in [2.05, 4.69) is 44.2 Å². The third kappa shape index (κ3) is 18.6. The zero-order chi connectivity index (χ0) is 24.5. The summed E-state index contributed by atoms with van der Waals surface area (Å²) in [6.45, 7) is 3.67. The lowest BCUT2D eigenvalue weighted by Crippen LogP contribution is -1.91. The third-order valence-electron chi connectivity index (χ3n) is 6.69. The van der Waals surface area contributed by atoms with Crippen molar-refractivity contribution in [2.24, 2.45) is 0 Å². The molecule has 0 heterocycles. The van der Waals surface area contributed by atoms with E-state index in [0.29, 0.717) is 0 Å². The van der Waals surface area contributed by atoms with Gasteiger partial charge in [-0.05, 0) is 35.6 Å². The quantitative estimate of drug-likeness (QED) is 0.0747. The Kier molecular flexibility index (Phi) is 23.8. The molecule has 0 aliphatic carbocycles. The molecule has 0 aromatic heterocycles. The van der Waals surface area contributed by atoms with Crippen molar-refractivity contribution in [2.45, 2.75) is 147 Å². The Morgan fingerprint density at radius 2 is 1.00 bits per heavy atom. The molecule has 4 heteroatoms. The van der Waals surface area contributed by atoms with Gasteiger partial charge in [-0.15, -0.1) is 0 Å². The second-order valence-electron chi connectivity index (χ2n) is 9.91. The van der Waals surface area contributed by atoms with Crippen LogP contribution < -0.4 is 0 Å². The van der Waals surface area contributed by atoms with E-state index in [1.165, 1.54) is 139 Å². The maximum absolute atomic E-state index is 11.1. The molecule has 0 aliphatic heterocycles. The van der Waals surface area contributed by atoms with Crippen LogP contribution in [0.5, 0.6) is 0 Å². The number of unbranched alkanes of at least 4 members (excludes halogenated alkanes) is 18. The standard InChI is InChI=1S/C30H57OPS2/c1-3-5-7-9-11-13-15-17-19-24-28-33-32(31)34(30-26-22-21-23-27-30)29-25-20-18-16-14-12-10-8-6-4-2/h21-23,26-27,31,34H,3-20,24-25,28-29H2,1-2H3. The van der Waals surface area contributed by atoms with Crippen LogP contribution in [-0.4, -0.2) is 16.4 Å². The highest BCUT2D eigenvalue weighted by Crippen LogP contribution is 2.71. The molecule has 1 aromatic rings. The molecule has 0 saturated heterocycles. The first-order valence-corrected chi connectivity index (χ1v) is 19.9. The first-order valence-electron chi connectivity index (χ1n) is 14.7. The fourth-order valence-corrected chi connectivity index (χ4v) is 13.6. The van der Waals surface area contributed by atoms with E-state index >= 15 is 0 Å². The van der Waals surface area contributed by atoms with Crippen molar-refractivity contribution < 1.29 is 4.89 Å². The van der Waals surface area contributed by atoms with Gasteiger partial charge in [0, 0.05) is 5.75 Å². The van der Waals surface area contributed by atoms with Crippen molar-refractivity contribution in [3.63, 3.8) is 0 Å². The Morgan fingerprint density at radius 1 is 0.588 bits per heavy atom. The van der Waals surface area contributed by atoms with Gasteiger partial charge in [0.2, 0.25) is 0 Å². The molecule has 34 heavy (non-hydrogen) atoms. The molecule has 0 spiro atoms. The molecule has 2 atom stereocenters. The smallest absolute Gasteiger partial charge is 0.132 e. The Bertz CT molecular complexity index is 528. The highest BCUT2D eigenvalue weighted by atomic mass is 33.1. The van der Waals surface area contributed by atoms with Crippen LogP contribution >= 0.6 is 28.4 Å². The lowest BCUT2D eigenvalue weighted by atomic mass is 10.1. The lowest BCUT2D eigenvalue weighted by molar-refractivity contribution is 0.563. The van der Waals surface area contributed by atoms with Gasteiger partial charge in [-0.1, -0.05) is 159 Å². The highest BCUT2D eigenvalue weighted by Gasteiger charge is 2.17. The molecule has 0 saturated carbocycles. The molecule has 2 unspecified atom stereocenters. The predicted molar refractivity (Wildman–Crippen MR) is 164 cm³/mol. The van der Waals surface area contributed by atoms with E-state index in [-0.39, 0.29) is 0 Å². The van der Waals surface area contributed by atoms with Gasteiger partial charge in [0.05, 0.1) is 0 Å². The van der Waals surface area contributed by atoms with E-state index in [1.807, 2.05) is 11.4 Å². The molecule has 0 radical (unpaired) electrons. The monoisotopic (exact) mass is 528 g/mol. The normalized spacial score (nSPS) is 13.8. The van der Waals surface area contributed by atoms with Crippen LogP contribution in [0.25, 0.3) is 0 Å². The molecule has 0 fully saturated rings. The fourth-order valence-electron chi connectivity index (χ4n) is 4.47. The van der Waals surface area contributed by atoms with Gasteiger partial charge in [-0.25, -0.2) is 0 Å². The van der Waals surface area contributed by atoms with E-state index in [1.54, 1.807) is 0 Å². The molecular formula is C30H57OPS2. The van der Waals surface area contributed by atoms with E-state index in [0.717, 1.165) is 5.75 Å². The molecule has 0 bridgehead atoms. The van der Waals surface area contributed by atoms with Crippen LogP contribution in [0.15, 0.2) is 35.2 Å². The molecular weight excluding hydrogens is 471 g/mol. The number of hydrogen-bond acceptors (Lipinski definition) is 2. The summed E-state index contributed by atoms with van der Waals surface area (Å²) in [7, 11) is -0.406. The summed E-state index contributed by atoms with van der Waals surface area (Å²) in [5.41, 5.74) is 0. The van der Waals surface area contributed by atoms with Crippen LogP contribution in [0.4, 0.5) is 0 Å². The van der Waals surface area contributed by atoms with Crippen LogP contribution in [0, 0.1) is 0 Å². The van der Waals surface area contributed by atoms with E-state index in [4.69, 9.17) is 0 Å². The summed E-state index contributed by atoms with van der Waals surface area (Å²) < 4.78 is 0. The van der Waals surface area contributed by atoms with Crippen molar-refractivity contribution >= 4 is 28.4 Å². The van der Waals surface area contributed by atoms with Crippen LogP contribution in [0.3, 0.4) is 0 Å². The first kappa shape index (κ1) is 32.3. The van der Waals surface area contributed by atoms with Gasteiger partial charge in [0.15, 0.2) is 0 Å². The van der Waals surface area contributed by atoms with Crippen molar-refractivity contribution in [2.75, 3.05) is 11.5 Å². The van der Waals surface area contributed by atoms with Gasteiger partial charge < -0.3 is 4.89 Å². The summed E-state index contributed by atoms with van der Waals surface area (Å²) in [6.07, 6.45) is 27.7. The summed E-state index contributed by atoms with van der Waals surface area (Å²) in [5.74, 6) is 2.35. The van der Waals surface area contributed by atoms with Gasteiger partial charge in [0.1, 0.15) is 6.55 Å². The average Bonchev–Trinajstić information content (AvgIpc) is 2.86. The first-order chi connectivity index (χ1) is 16.8. The van der Waals surface area contributed by atoms with Crippen LogP contribution in [0.1, 0.15) is 142 Å². The molecule has 0 aliphatic rings. The van der Waals surface area contributed by atoms with Crippen LogP contribution in [-0.2, 0) is 0 Å². The highest BCUT2D eigenvalue weighted by molar-refractivity contribution is 8.92. The number of thiol groups is 1. The van der Waals surface area contributed by atoms with Crippen molar-refractivity contribution in [3.05, 3.63) is 30.3 Å². The number of rotatable bonds is 25. The number of hydrogen-bond donors (Lipinski definition) is 2. The molecule has 200 valence electrons. The SMILES string of the molecule is CCCCCCCCCCCCSP(O)[SH](CCCCCCCCCCCC)c1ccccc1. The summed E-state index contributed by atoms with van der Waals surface area (Å²) >= 11 is 1.89. The van der Waals surface area contributed by atoms with Gasteiger partial charge >= 0.3 is 0 Å². The third-order valence-corrected chi connectivity index (χ3v) is 16.0. The van der Waals surface area contributed by atoms with Crippen molar-refractivity contribution in [3.8, 4) is 0 Å². The Balaban J connectivity index is 2.16. The maximum Gasteiger partial charge on any atom is 0.132 e. The second kappa shape index (κ2) is 25.0. The minimum atomic E-state index is -0.911. The minimum Gasteiger partial charge on any atom is -0.356 e. The fraction of sp³-hybridized carbons (Fsp3) is 0.800. The largest absolute Gasteiger partial charge is 0.356 e. The summed E-state index contributed by atoms with van der Waals surface area (Å²) in [4.78, 5) is 12.5. The molecule has 0 amide bonds. The predicted octanol–water partition coefficient (Wildman–Crippen LogP) is 11.8. The zero-order valence-electron chi connectivity index (χ0n) is 22.7. The molecule has 1 aromatic carbocycles. The summed E-state index contributed by atoms with van der Waals surface area (Å²) in [5, 5.41) is 0.